The van der Waals surface area contributed by atoms with Crippen molar-refractivity contribution in [2.45, 2.75) is 51.9 Å². The molecule has 1 aliphatic heterocycles. The number of ether oxygens (including phenoxy) is 1. The van der Waals surface area contributed by atoms with E-state index in [-0.39, 0.29) is 36.2 Å². The molecule has 30 heavy (non-hydrogen) atoms. The fourth-order valence-electron chi connectivity index (χ4n) is 5.15. The van der Waals surface area contributed by atoms with E-state index in [4.69, 9.17) is 4.74 Å². The topological polar surface area (TPSA) is 75.7 Å². The van der Waals surface area contributed by atoms with Crippen LogP contribution in [0, 0.1) is 23.7 Å². The van der Waals surface area contributed by atoms with E-state index in [1.807, 2.05) is 24.3 Å². The molecule has 2 saturated carbocycles. The molecule has 0 spiro atoms. The molecule has 0 unspecified atom stereocenters. The Kier molecular flexibility index (Phi) is 6.40. The second-order valence-corrected chi connectivity index (χ2v) is 9.27. The first kappa shape index (κ1) is 20.9. The number of amides is 1. The van der Waals surface area contributed by atoms with E-state index in [9.17, 15) is 14.4 Å². The lowest BCUT2D eigenvalue weighted by Crippen LogP contribution is -2.40. The fourth-order valence-corrected chi connectivity index (χ4v) is 5.15. The Bertz CT molecular complexity index is 767. The Labute approximate surface area is 178 Å². The zero-order chi connectivity index (χ0) is 21.1. The van der Waals surface area contributed by atoms with Crippen LogP contribution < -0.4 is 10.2 Å². The Balaban J connectivity index is 1.23. The van der Waals surface area contributed by atoms with Crippen LogP contribution in [0.25, 0.3) is 0 Å². The molecular weight excluding hydrogens is 380 g/mol. The smallest absolute Gasteiger partial charge is 0.309 e. The van der Waals surface area contributed by atoms with Crippen LogP contribution in [0.5, 0.6) is 0 Å². The predicted octanol–water partition coefficient (Wildman–Crippen LogP) is 3.80. The highest BCUT2D eigenvalue weighted by molar-refractivity contribution is 5.93. The number of nitrogens with one attached hydrogen (secondary N) is 1. The van der Waals surface area contributed by atoms with E-state index >= 15 is 0 Å². The van der Waals surface area contributed by atoms with Gasteiger partial charge in [-0.3, -0.25) is 14.4 Å². The summed E-state index contributed by atoms with van der Waals surface area (Å²) in [6.45, 7) is 4.14. The van der Waals surface area contributed by atoms with Crippen LogP contribution in [0.2, 0.25) is 0 Å². The number of carbonyl (C=O) groups is 3. The minimum absolute atomic E-state index is 0.00510. The van der Waals surface area contributed by atoms with E-state index in [0.29, 0.717) is 24.3 Å². The quantitative estimate of drug-likeness (QED) is 0.745. The Hall–Kier alpha value is -2.37. The van der Waals surface area contributed by atoms with E-state index in [1.54, 1.807) is 0 Å². The first-order valence-electron chi connectivity index (χ1n) is 11.3. The van der Waals surface area contributed by atoms with Gasteiger partial charge in [0, 0.05) is 36.3 Å². The maximum Gasteiger partial charge on any atom is 0.309 e. The molecule has 2 atom stereocenters. The molecule has 0 aromatic heterocycles. The van der Waals surface area contributed by atoms with Crippen LogP contribution in [-0.4, -0.2) is 37.4 Å². The van der Waals surface area contributed by atoms with Crippen LogP contribution in [0.1, 0.15) is 51.9 Å². The lowest BCUT2D eigenvalue weighted by atomic mass is 9.67. The summed E-state index contributed by atoms with van der Waals surface area (Å²) >= 11 is 0. The van der Waals surface area contributed by atoms with E-state index in [2.05, 4.69) is 17.1 Å². The number of piperidine rings is 1. The van der Waals surface area contributed by atoms with Crippen LogP contribution in [0.3, 0.4) is 0 Å². The summed E-state index contributed by atoms with van der Waals surface area (Å²) in [5, 5.41) is 2.80. The molecule has 1 aromatic rings. The van der Waals surface area contributed by atoms with Crippen LogP contribution in [0.15, 0.2) is 24.3 Å². The van der Waals surface area contributed by atoms with Gasteiger partial charge in [-0.15, -0.1) is 0 Å². The van der Waals surface area contributed by atoms with Crippen molar-refractivity contribution in [1.29, 1.82) is 0 Å². The fraction of sp³-hybridized carbons (Fsp3) is 0.625. The van der Waals surface area contributed by atoms with Crippen LogP contribution in [-0.2, 0) is 19.1 Å². The van der Waals surface area contributed by atoms with Gasteiger partial charge in [-0.1, -0.05) is 13.3 Å². The molecule has 1 aromatic carbocycles. The molecule has 162 valence electrons. The van der Waals surface area contributed by atoms with Crippen molar-refractivity contribution in [1.82, 2.24) is 0 Å². The summed E-state index contributed by atoms with van der Waals surface area (Å²) in [5.41, 5.74) is 1.87. The van der Waals surface area contributed by atoms with Crippen molar-refractivity contribution >= 4 is 29.0 Å². The molecule has 2 aliphatic carbocycles. The van der Waals surface area contributed by atoms with Gasteiger partial charge in [0.15, 0.2) is 6.61 Å². The van der Waals surface area contributed by atoms with Gasteiger partial charge in [0.25, 0.3) is 5.91 Å². The van der Waals surface area contributed by atoms with E-state index < -0.39 is 0 Å². The first-order valence-corrected chi connectivity index (χ1v) is 11.3. The molecular formula is C24H32N2O4. The zero-order valence-electron chi connectivity index (χ0n) is 17.8. The van der Waals surface area contributed by atoms with Gasteiger partial charge in [0.1, 0.15) is 5.78 Å². The second kappa shape index (κ2) is 9.19. The lowest BCUT2D eigenvalue weighted by Gasteiger charge is -2.36. The number of carbonyl (C=O) groups excluding carboxylic acids is 3. The maximum atomic E-state index is 12.4. The molecule has 4 rings (SSSR count). The molecule has 3 aliphatic rings. The summed E-state index contributed by atoms with van der Waals surface area (Å²) in [4.78, 5) is 39.2. The summed E-state index contributed by atoms with van der Waals surface area (Å²) in [6, 6.07) is 7.83. The van der Waals surface area contributed by atoms with Crippen molar-refractivity contribution in [3.05, 3.63) is 24.3 Å². The maximum absolute atomic E-state index is 12.4. The second-order valence-electron chi connectivity index (χ2n) is 9.27. The number of hydrogen-bond donors (Lipinski definition) is 1. The van der Waals surface area contributed by atoms with Crippen molar-refractivity contribution in [2.24, 2.45) is 23.7 Å². The van der Waals surface area contributed by atoms with Gasteiger partial charge in [-0.2, -0.15) is 0 Å². The number of nitrogens with zero attached hydrogens (tertiary/aromatic N) is 1. The number of fused-ring (bicyclic) bond motifs is 2. The van der Waals surface area contributed by atoms with E-state index in [0.717, 1.165) is 38.3 Å². The Morgan fingerprint density at radius 1 is 1.03 bits per heavy atom. The van der Waals surface area contributed by atoms with Gasteiger partial charge in [0.05, 0.1) is 5.92 Å². The van der Waals surface area contributed by atoms with Gasteiger partial charge in [0.2, 0.25) is 0 Å². The molecule has 1 amide bonds. The van der Waals surface area contributed by atoms with Crippen LogP contribution >= 0.6 is 0 Å². The highest BCUT2D eigenvalue weighted by Gasteiger charge is 2.41. The van der Waals surface area contributed by atoms with Gasteiger partial charge >= 0.3 is 5.97 Å². The van der Waals surface area contributed by atoms with Gasteiger partial charge in [-0.25, -0.2) is 0 Å². The number of ketones is 1. The third kappa shape index (κ3) is 4.85. The third-order valence-corrected chi connectivity index (χ3v) is 7.03. The molecule has 3 fully saturated rings. The highest BCUT2D eigenvalue weighted by atomic mass is 16.5. The number of benzene rings is 1. The summed E-state index contributed by atoms with van der Waals surface area (Å²) in [6.07, 6.45) is 6.40. The monoisotopic (exact) mass is 412 g/mol. The summed E-state index contributed by atoms with van der Waals surface area (Å²) in [5.74, 6) is 0.189. The molecule has 2 bridgehead atoms. The predicted molar refractivity (Wildman–Crippen MR) is 115 cm³/mol. The zero-order valence-corrected chi connectivity index (χ0v) is 17.8. The van der Waals surface area contributed by atoms with Crippen molar-refractivity contribution in [2.75, 3.05) is 29.9 Å². The number of Topliss-reactive ketones (excluding diaryl/α,β-unsaturated/α-hetero) is 1. The molecule has 1 heterocycles. The molecule has 0 radical (unpaired) electrons. The number of anilines is 2. The minimum atomic E-state index is -0.343. The lowest BCUT2D eigenvalue weighted by molar-refractivity contribution is -0.155. The number of rotatable bonds is 5. The standard InChI is InChI=1S/C24H32N2O4/c1-16-9-11-26(12-10-16)21-7-5-20(6-8-21)25-22(27)15-30-24(29)19-13-17-3-2-4-18(14-19)23(17)28/h5-8,16-19H,2-4,9-15H2,1H3,(H,25,27)/t17-,18-/m1/s1. The minimum Gasteiger partial charge on any atom is -0.455 e. The van der Waals surface area contributed by atoms with Crippen molar-refractivity contribution in [3.8, 4) is 0 Å². The van der Waals surface area contributed by atoms with Crippen molar-refractivity contribution in [3.63, 3.8) is 0 Å². The van der Waals surface area contributed by atoms with Crippen molar-refractivity contribution < 1.29 is 19.1 Å². The van der Waals surface area contributed by atoms with Gasteiger partial charge in [-0.05, 0) is 68.7 Å². The Morgan fingerprint density at radius 3 is 2.30 bits per heavy atom. The summed E-state index contributed by atoms with van der Waals surface area (Å²) in [7, 11) is 0. The largest absolute Gasteiger partial charge is 0.455 e. The average Bonchev–Trinajstić information content (AvgIpc) is 2.73. The highest BCUT2D eigenvalue weighted by Crippen LogP contribution is 2.40. The average molecular weight is 413 g/mol. The van der Waals surface area contributed by atoms with E-state index in [1.165, 1.54) is 18.5 Å². The SMILES string of the molecule is CC1CCN(c2ccc(NC(=O)COC(=O)C3C[C@H]4CCC[C@H](C3)C4=O)cc2)CC1. The molecule has 6 nitrogen and oxygen atoms in total. The normalized spacial score (nSPS) is 26.9. The first-order chi connectivity index (χ1) is 14.5. The molecule has 1 saturated heterocycles. The van der Waals surface area contributed by atoms with Gasteiger partial charge < -0.3 is 15.0 Å². The number of esters is 1. The molecule has 1 N–H and O–H groups in total. The third-order valence-electron chi connectivity index (χ3n) is 7.03. The number of hydrogen-bond acceptors (Lipinski definition) is 5. The molecule has 6 heteroatoms. The Morgan fingerprint density at radius 2 is 1.67 bits per heavy atom. The summed E-state index contributed by atoms with van der Waals surface area (Å²) < 4.78 is 5.27. The van der Waals surface area contributed by atoms with Crippen LogP contribution in [0.4, 0.5) is 11.4 Å².